The molecule has 2 aromatic carbocycles. The molecule has 10 heteroatoms. The third kappa shape index (κ3) is 4.13. The second-order valence-electron chi connectivity index (χ2n) is 7.65. The molecule has 0 bridgehead atoms. The zero-order valence-electron chi connectivity index (χ0n) is 16.3. The van der Waals surface area contributed by atoms with E-state index in [2.05, 4.69) is 0 Å². The molecule has 0 aromatic heterocycles. The molecule has 10 nitrogen and oxygen atoms in total. The van der Waals surface area contributed by atoms with Crippen LogP contribution >= 0.6 is 0 Å². The summed E-state index contributed by atoms with van der Waals surface area (Å²) in [5, 5.41) is 69.1. The molecule has 0 aliphatic carbocycles. The monoisotopic (exact) mass is 436 g/mol. The van der Waals surface area contributed by atoms with E-state index < -0.39 is 49.5 Å². The Balaban J connectivity index is 1.65. The van der Waals surface area contributed by atoms with Crippen LogP contribution in [0.2, 0.25) is 0 Å². The number of aliphatic hydroxyl groups excluding tert-OH is 4. The molecule has 1 unspecified atom stereocenters. The second kappa shape index (κ2) is 8.50. The van der Waals surface area contributed by atoms with Crippen LogP contribution in [-0.2, 0) is 15.9 Å². The summed E-state index contributed by atoms with van der Waals surface area (Å²) in [7, 11) is 0. The highest BCUT2D eigenvalue weighted by molar-refractivity contribution is 5.45. The number of aromatic hydroxyl groups is 3. The lowest BCUT2D eigenvalue weighted by Gasteiger charge is -2.43. The lowest BCUT2D eigenvalue weighted by atomic mass is 9.93. The maximum Gasteiger partial charge on any atom is 0.187 e. The van der Waals surface area contributed by atoms with Crippen molar-refractivity contribution in [1.82, 2.24) is 0 Å². The Labute approximate surface area is 177 Å². The van der Waals surface area contributed by atoms with Gasteiger partial charge in [0, 0.05) is 12.5 Å². The average molecular weight is 436 g/mol. The molecular weight excluding hydrogens is 412 g/mol. The SMILES string of the molecule is OC[C@H]1OC(O[C@H]2Cc3ccc(O)cc3O[C@@H]2c2ccc(O)c(O)c2)[C@H](O)[C@@H](O)[C@@H]1O. The van der Waals surface area contributed by atoms with Gasteiger partial charge >= 0.3 is 0 Å². The maximum absolute atomic E-state index is 10.3. The van der Waals surface area contributed by atoms with Crippen molar-refractivity contribution in [2.75, 3.05) is 6.61 Å². The first-order valence-corrected chi connectivity index (χ1v) is 9.75. The number of hydrogen-bond acceptors (Lipinski definition) is 10. The molecule has 31 heavy (non-hydrogen) atoms. The van der Waals surface area contributed by atoms with E-state index in [1.165, 1.54) is 30.3 Å². The van der Waals surface area contributed by atoms with Gasteiger partial charge in [0.2, 0.25) is 0 Å². The molecule has 1 fully saturated rings. The quantitative estimate of drug-likeness (QED) is 0.315. The van der Waals surface area contributed by atoms with E-state index in [-0.39, 0.29) is 23.7 Å². The normalized spacial score (nSPS) is 32.8. The Hall–Kier alpha value is -2.60. The minimum absolute atomic E-state index is 0.000597. The molecule has 2 aromatic rings. The van der Waals surface area contributed by atoms with Crippen molar-refractivity contribution in [3.05, 3.63) is 47.5 Å². The molecule has 0 radical (unpaired) electrons. The Morgan fingerprint density at radius 3 is 2.39 bits per heavy atom. The van der Waals surface area contributed by atoms with Gasteiger partial charge in [0.25, 0.3) is 0 Å². The molecule has 0 saturated carbocycles. The van der Waals surface area contributed by atoms with E-state index in [0.29, 0.717) is 16.9 Å². The van der Waals surface area contributed by atoms with Crippen molar-refractivity contribution in [2.45, 2.75) is 49.3 Å². The van der Waals surface area contributed by atoms with Crippen LogP contribution in [0.25, 0.3) is 0 Å². The van der Waals surface area contributed by atoms with Gasteiger partial charge in [0.05, 0.1) is 6.61 Å². The topological polar surface area (TPSA) is 169 Å². The predicted octanol–water partition coefficient (Wildman–Crippen LogP) is -0.335. The van der Waals surface area contributed by atoms with Gasteiger partial charge in [-0.15, -0.1) is 0 Å². The van der Waals surface area contributed by atoms with E-state index in [9.17, 15) is 35.7 Å². The first-order valence-electron chi connectivity index (χ1n) is 9.75. The molecular formula is C21H24O10. The molecule has 2 aliphatic rings. The third-order valence-electron chi connectivity index (χ3n) is 5.55. The number of rotatable bonds is 4. The molecule has 1 saturated heterocycles. The van der Waals surface area contributed by atoms with Gasteiger partial charge in [-0.2, -0.15) is 0 Å². The lowest BCUT2D eigenvalue weighted by Crippen LogP contribution is -2.60. The van der Waals surface area contributed by atoms with Gasteiger partial charge in [-0.1, -0.05) is 12.1 Å². The van der Waals surface area contributed by atoms with Crippen LogP contribution in [0.4, 0.5) is 0 Å². The van der Waals surface area contributed by atoms with Crippen molar-refractivity contribution in [1.29, 1.82) is 0 Å². The van der Waals surface area contributed by atoms with Crippen LogP contribution in [0.15, 0.2) is 36.4 Å². The maximum atomic E-state index is 10.3. The second-order valence-corrected chi connectivity index (χ2v) is 7.65. The first kappa shape index (κ1) is 21.6. The molecule has 4 rings (SSSR count). The summed E-state index contributed by atoms with van der Waals surface area (Å²) < 4.78 is 17.4. The number of benzene rings is 2. The van der Waals surface area contributed by atoms with E-state index in [0.717, 1.165) is 0 Å². The van der Waals surface area contributed by atoms with Gasteiger partial charge in [-0.25, -0.2) is 0 Å². The highest BCUT2D eigenvalue weighted by Crippen LogP contribution is 2.41. The van der Waals surface area contributed by atoms with E-state index in [1.54, 1.807) is 6.07 Å². The van der Waals surface area contributed by atoms with E-state index in [1.807, 2.05) is 0 Å². The highest BCUT2D eigenvalue weighted by Gasteiger charge is 2.46. The molecule has 0 spiro atoms. The molecule has 2 heterocycles. The summed E-state index contributed by atoms with van der Waals surface area (Å²) in [6.07, 6.45) is -8.58. The molecule has 7 N–H and O–H groups in total. The lowest BCUT2D eigenvalue weighted by molar-refractivity contribution is -0.317. The van der Waals surface area contributed by atoms with Crippen molar-refractivity contribution in [3.63, 3.8) is 0 Å². The number of hydrogen-bond donors (Lipinski definition) is 7. The van der Waals surface area contributed by atoms with Crippen molar-refractivity contribution in [2.24, 2.45) is 0 Å². The van der Waals surface area contributed by atoms with Gasteiger partial charge in [0.1, 0.15) is 42.0 Å². The summed E-state index contributed by atoms with van der Waals surface area (Å²) in [5.74, 6) is -0.288. The van der Waals surface area contributed by atoms with Crippen LogP contribution in [0.5, 0.6) is 23.0 Å². The molecule has 2 aliphatic heterocycles. The zero-order chi connectivity index (χ0) is 22.3. The van der Waals surface area contributed by atoms with Gasteiger partial charge in [0.15, 0.2) is 23.9 Å². The minimum Gasteiger partial charge on any atom is -0.508 e. The number of aliphatic hydroxyl groups is 4. The highest BCUT2D eigenvalue weighted by atomic mass is 16.7. The number of fused-ring (bicyclic) bond motifs is 1. The van der Waals surface area contributed by atoms with Crippen molar-refractivity contribution < 1.29 is 50.0 Å². The fourth-order valence-electron chi connectivity index (χ4n) is 3.83. The Morgan fingerprint density at radius 1 is 0.903 bits per heavy atom. The standard InChI is InChI=1S/C21H24O10/c22-8-16-17(26)18(27)19(28)21(31-16)30-15-6-9-1-3-11(23)7-14(9)29-20(15)10-2-4-12(24)13(25)5-10/h1-5,7,15-28H,6,8H2/t15-,16+,17+,18-,19+,20+,21?/m0/s1. The summed E-state index contributed by atoms with van der Waals surface area (Å²) in [4.78, 5) is 0. The van der Waals surface area contributed by atoms with E-state index in [4.69, 9.17) is 14.2 Å². The van der Waals surface area contributed by atoms with Crippen LogP contribution in [0.3, 0.4) is 0 Å². The fourth-order valence-corrected chi connectivity index (χ4v) is 3.83. The van der Waals surface area contributed by atoms with Crippen LogP contribution in [-0.4, -0.2) is 79.2 Å². The van der Waals surface area contributed by atoms with Gasteiger partial charge in [-0.3, -0.25) is 0 Å². The third-order valence-corrected chi connectivity index (χ3v) is 5.55. The Morgan fingerprint density at radius 2 is 1.68 bits per heavy atom. The summed E-state index contributed by atoms with van der Waals surface area (Å²) >= 11 is 0. The van der Waals surface area contributed by atoms with E-state index >= 15 is 0 Å². The van der Waals surface area contributed by atoms with Crippen molar-refractivity contribution in [3.8, 4) is 23.0 Å². The number of phenols is 3. The minimum atomic E-state index is -1.60. The Bertz CT molecular complexity index is 932. The number of phenolic OH excluding ortho intramolecular Hbond substituents is 3. The Kier molecular flexibility index (Phi) is 5.93. The predicted molar refractivity (Wildman–Crippen MR) is 104 cm³/mol. The van der Waals surface area contributed by atoms with Crippen LogP contribution < -0.4 is 4.74 Å². The molecule has 168 valence electrons. The smallest absolute Gasteiger partial charge is 0.187 e. The molecule has 7 atom stereocenters. The van der Waals surface area contributed by atoms with Crippen LogP contribution in [0.1, 0.15) is 17.2 Å². The zero-order valence-corrected chi connectivity index (χ0v) is 16.3. The summed E-state index contributed by atoms with van der Waals surface area (Å²) in [6.45, 7) is -0.594. The summed E-state index contributed by atoms with van der Waals surface area (Å²) in [6, 6.07) is 8.69. The van der Waals surface area contributed by atoms with Crippen molar-refractivity contribution >= 4 is 0 Å². The van der Waals surface area contributed by atoms with Gasteiger partial charge < -0.3 is 50.0 Å². The largest absolute Gasteiger partial charge is 0.508 e. The number of ether oxygens (including phenoxy) is 3. The summed E-state index contributed by atoms with van der Waals surface area (Å²) in [5.41, 5.74) is 1.14. The van der Waals surface area contributed by atoms with Gasteiger partial charge in [-0.05, 0) is 29.3 Å². The first-order chi connectivity index (χ1) is 14.8. The average Bonchev–Trinajstić information content (AvgIpc) is 2.75. The molecule has 0 amide bonds. The van der Waals surface area contributed by atoms with Crippen LogP contribution in [0, 0.1) is 0 Å². The fraction of sp³-hybridized carbons (Fsp3) is 0.429.